The lowest BCUT2D eigenvalue weighted by atomic mass is 10.1. The molecule has 0 aliphatic heterocycles. The minimum absolute atomic E-state index is 0.225. The maximum Gasteiger partial charge on any atom is 0.284 e. The van der Waals surface area contributed by atoms with Crippen molar-refractivity contribution in [2.45, 2.75) is 26.2 Å². The van der Waals surface area contributed by atoms with E-state index in [1.807, 2.05) is 6.92 Å². The van der Waals surface area contributed by atoms with Crippen LogP contribution in [0.2, 0.25) is 0 Å². The largest absolute Gasteiger partial charge is 0.331 e. The lowest BCUT2D eigenvalue weighted by Gasteiger charge is -2.33. The average molecular weight is 162 g/mol. The van der Waals surface area contributed by atoms with Crippen LogP contribution in [0, 0.1) is 5.92 Å². The second-order valence-corrected chi connectivity index (χ2v) is 2.53. The third kappa shape index (κ3) is 2.15. The molecule has 0 radical (unpaired) electrons. The zero-order chi connectivity index (χ0) is 8.91. The zero-order valence-electron chi connectivity index (χ0n) is 8.01. The van der Waals surface area contributed by atoms with Crippen molar-refractivity contribution in [2.24, 2.45) is 5.92 Å². The van der Waals surface area contributed by atoms with Gasteiger partial charge in [0.25, 0.3) is 5.97 Å². The molecular weight excluding hydrogens is 144 g/mol. The van der Waals surface area contributed by atoms with Crippen LogP contribution in [-0.2, 0) is 14.2 Å². The Bertz CT molecular complexity index is 91.2. The lowest BCUT2D eigenvalue weighted by Crippen LogP contribution is -2.42. The highest BCUT2D eigenvalue weighted by Crippen LogP contribution is 2.25. The van der Waals surface area contributed by atoms with Gasteiger partial charge in [-0.25, -0.2) is 0 Å². The van der Waals surface area contributed by atoms with Crippen molar-refractivity contribution in [1.29, 1.82) is 0 Å². The van der Waals surface area contributed by atoms with E-state index < -0.39 is 5.97 Å². The van der Waals surface area contributed by atoms with Gasteiger partial charge in [-0.2, -0.15) is 0 Å². The fraction of sp³-hybridized carbons (Fsp3) is 1.00. The molecule has 68 valence electrons. The van der Waals surface area contributed by atoms with Gasteiger partial charge in [-0.05, 0) is 6.42 Å². The van der Waals surface area contributed by atoms with E-state index >= 15 is 0 Å². The van der Waals surface area contributed by atoms with E-state index in [0.717, 1.165) is 6.42 Å². The lowest BCUT2D eigenvalue weighted by molar-refractivity contribution is -0.376. The molecular formula is C8H18O3. The predicted octanol–water partition coefficient (Wildman–Crippen LogP) is 1.63. The van der Waals surface area contributed by atoms with Gasteiger partial charge in [0.2, 0.25) is 0 Å². The number of hydrogen-bond donors (Lipinski definition) is 0. The standard InChI is InChI=1S/C8H18O3/c1-6-7(2)8(9-3,10-4)11-5/h7H,6H2,1-5H3/t7-/m1/s1. The van der Waals surface area contributed by atoms with Gasteiger partial charge in [0.1, 0.15) is 0 Å². The molecule has 0 fully saturated rings. The summed E-state index contributed by atoms with van der Waals surface area (Å²) in [4.78, 5) is 0. The number of rotatable bonds is 5. The SMILES string of the molecule is CC[C@@H](C)C(OC)(OC)OC. The van der Waals surface area contributed by atoms with E-state index in [1.54, 1.807) is 21.3 Å². The van der Waals surface area contributed by atoms with Crippen LogP contribution in [0.5, 0.6) is 0 Å². The summed E-state index contributed by atoms with van der Waals surface area (Å²) in [6, 6.07) is 0. The minimum atomic E-state index is -0.866. The Hall–Kier alpha value is -0.120. The third-order valence-corrected chi connectivity index (χ3v) is 2.07. The van der Waals surface area contributed by atoms with Crippen molar-refractivity contribution < 1.29 is 14.2 Å². The van der Waals surface area contributed by atoms with Crippen molar-refractivity contribution in [2.75, 3.05) is 21.3 Å². The fourth-order valence-corrected chi connectivity index (χ4v) is 1.10. The highest BCUT2D eigenvalue weighted by molar-refractivity contribution is 4.63. The van der Waals surface area contributed by atoms with Crippen molar-refractivity contribution >= 4 is 0 Å². The summed E-state index contributed by atoms with van der Waals surface area (Å²) in [6.45, 7) is 4.09. The Labute approximate surface area is 68.6 Å². The van der Waals surface area contributed by atoms with Gasteiger partial charge in [-0.3, -0.25) is 0 Å². The first-order valence-electron chi connectivity index (χ1n) is 3.82. The van der Waals surface area contributed by atoms with Crippen molar-refractivity contribution in [3.63, 3.8) is 0 Å². The molecule has 0 rings (SSSR count). The molecule has 0 unspecified atom stereocenters. The minimum Gasteiger partial charge on any atom is -0.331 e. The molecule has 0 aromatic carbocycles. The quantitative estimate of drug-likeness (QED) is 0.575. The molecule has 0 aromatic rings. The molecule has 0 spiro atoms. The summed E-state index contributed by atoms with van der Waals surface area (Å²) in [7, 11) is 4.75. The molecule has 0 heterocycles. The van der Waals surface area contributed by atoms with Crippen LogP contribution in [0.1, 0.15) is 20.3 Å². The molecule has 1 atom stereocenters. The Kier molecular flexibility index (Phi) is 4.65. The summed E-state index contributed by atoms with van der Waals surface area (Å²) in [5.41, 5.74) is 0. The molecule has 3 heteroatoms. The van der Waals surface area contributed by atoms with Crippen LogP contribution in [0.3, 0.4) is 0 Å². The summed E-state index contributed by atoms with van der Waals surface area (Å²) in [5.74, 6) is -0.642. The molecule has 11 heavy (non-hydrogen) atoms. The topological polar surface area (TPSA) is 27.7 Å². The molecule has 0 aliphatic carbocycles. The summed E-state index contributed by atoms with van der Waals surface area (Å²) in [6.07, 6.45) is 0.954. The van der Waals surface area contributed by atoms with E-state index in [1.165, 1.54) is 0 Å². The zero-order valence-corrected chi connectivity index (χ0v) is 8.01. The maximum absolute atomic E-state index is 5.14. The second-order valence-electron chi connectivity index (χ2n) is 2.53. The molecule has 0 bridgehead atoms. The van der Waals surface area contributed by atoms with E-state index in [2.05, 4.69) is 6.92 Å². The molecule has 0 saturated carbocycles. The normalized spacial score (nSPS) is 15.0. The molecule has 0 saturated heterocycles. The van der Waals surface area contributed by atoms with E-state index in [4.69, 9.17) is 14.2 Å². The maximum atomic E-state index is 5.14. The third-order valence-electron chi connectivity index (χ3n) is 2.07. The van der Waals surface area contributed by atoms with E-state index in [0.29, 0.717) is 0 Å². The molecule has 0 N–H and O–H groups in total. The summed E-state index contributed by atoms with van der Waals surface area (Å²) < 4.78 is 15.4. The smallest absolute Gasteiger partial charge is 0.284 e. The molecule has 0 amide bonds. The molecule has 3 nitrogen and oxygen atoms in total. The summed E-state index contributed by atoms with van der Waals surface area (Å²) >= 11 is 0. The van der Waals surface area contributed by atoms with Crippen LogP contribution < -0.4 is 0 Å². The van der Waals surface area contributed by atoms with Crippen LogP contribution in [-0.4, -0.2) is 27.3 Å². The van der Waals surface area contributed by atoms with Gasteiger partial charge in [0.15, 0.2) is 0 Å². The molecule has 0 aromatic heterocycles. The number of ether oxygens (including phenoxy) is 3. The van der Waals surface area contributed by atoms with Crippen molar-refractivity contribution in [1.82, 2.24) is 0 Å². The average Bonchev–Trinajstić information content (AvgIpc) is 2.08. The Morgan fingerprint density at radius 2 is 1.45 bits per heavy atom. The van der Waals surface area contributed by atoms with E-state index in [-0.39, 0.29) is 5.92 Å². The van der Waals surface area contributed by atoms with Crippen LogP contribution in [0.25, 0.3) is 0 Å². The van der Waals surface area contributed by atoms with Crippen molar-refractivity contribution in [3.05, 3.63) is 0 Å². The first-order chi connectivity index (χ1) is 5.16. The van der Waals surface area contributed by atoms with Crippen LogP contribution >= 0.6 is 0 Å². The first kappa shape index (κ1) is 10.9. The highest BCUT2D eigenvalue weighted by atomic mass is 16.9. The molecule has 0 aliphatic rings. The highest BCUT2D eigenvalue weighted by Gasteiger charge is 2.35. The second kappa shape index (κ2) is 4.70. The number of methoxy groups -OCH3 is 3. The number of hydrogen-bond acceptors (Lipinski definition) is 3. The predicted molar refractivity (Wildman–Crippen MR) is 43.2 cm³/mol. The van der Waals surface area contributed by atoms with Gasteiger partial charge in [-0.15, -0.1) is 0 Å². The Morgan fingerprint density at radius 1 is 1.09 bits per heavy atom. The van der Waals surface area contributed by atoms with Gasteiger partial charge in [0.05, 0.1) is 0 Å². The summed E-state index contributed by atoms with van der Waals surface area (Å²) in [5, 5.41) is 0. The Morgan fingerprint density at radius 3 is 1.55 bits per heavy atom. The van der Waals surface area contributed by atoms with Gasteiger partial charge in [0, 0.05) is 27.2 Å². The van der Waals surface area contributed by atoms with Crippen molar-refractivity contribution in [3.8, 4) is 0 Å². The van der Waals surface area contributed by atoms with Gasteiger partial charge >= 0.3 is 0 Å². The Balaban J connectivity index is 4.26. The fourth-order valence-electron chi connectivity index (χ4n) is 1.10. The monoisotopic (exact) mass is 162 g/mol. The van der Waals surface area contributed by atoms with Crippen LogP contribution in [0.4, 0.5) is 0 Å². The van der Waals surface area contributed by atoms with Crippen LogP contribution in [0.15, 0.2) is 0 Å². The van der Waals surface area contributed by atoms with Gasteiger partial charge in [-0.1, -0.05) is 13.8 Å². The van der Waals surface area contributed by atoms with E-state index in [9.17, 15) is 0 Å². The first-order valence-corrected chi connectivity index (χ1v) is 3.82. The van der Waals surface area contributed by atoms with Gasteiger partial charge < -0.3 is 14.2 Å².